The first-order valence-corrected chi connectivity index (χ1v) is 8.39. The van der Waals surface area contributed by atoms with Crippen molar-refractivity contribution in [2.45, 2.75) is 51.5 Å². The summed E-state index contributed by atoms with van der Waals surface area (Å²) in [5, 5.41) is 3.22. The van der Waals surface area contributed by atoms with Crippen LogP contribution >= 0.6 is 0 Å². The molecule has 0 aromatic rings. The first kappa shape index (κ1) is 14.7. The summed E-state index contributed by atoms with van der Waals surface area (Å²) < 4.78 is 5.01. The van der Waals surface area contributed by atoms with Gasteiger partial charge in [-0.2, -0.15) is 0 Å². The Bertz CT molecular complexity index is 404. The molecule has 1 saturated heterocycles. The second-order valence-electron chi connectivity index (χ2n) is 6.75. The highest BCUT2D eigenvalue weighted by Gasteiger charge is 2.43. The van der Waals surface area contributed by atoms with Crippen LogP contribution in [-0.4, -0.2) is 42.6 Å². The van der Waals surface area contributed by atoms with Crippen molar-refractivity contribution in [1.82, 2.24) is 10.2 Å². The van der Waals surface area contributed by atoms with Gasteiger partial charge in [-0.25, -0.2) is 4.79 Å². The van der Waals surface area contributed by atoms with Crippen LogP contribution in [0.4, 0.5) is 4.79 Å². The molecule has 2 aliphatic carbocycles. The van der Waals surface area contributed by atoms with Crippen LogP contribution in [0.1, 0.15) is 45.4 Å². The van der Waals surface area contributed by atoms with Gasteiger partial charge in [-0.3, -0.25) is 4.79 Å². The lowest BCUT2D eigenvalue weighted by Crippen LogP contribution is -2.48. The number of carbonyl (C=O) groups excluding carboxylic acids is 2. The summed E-state index contributed by atoms with van der Waals surface area (Å²) in [6, 6.07) is 0.224. The SMILES string of the molecule is CCOC(=O)N1CCC(NC(=O)C2CC3CCC2C3)CC1. The van der Waals surface area contributed by atoms with E-state index in [2.05, 4.69) is 5.32 Å². The number of likely N-dealkylation sites (tertiary alicyclic amines) is 1. The van der Waals surface area contributed by atoms with E-state index in [0.717, 1.165) is 25.2 Å². The van der Waals surface area contributed by atoms with Crippen molar-refractivity contribution in [2.24, 2.45) is 17.8 Å². The van der Waals surface area contributed by atoms with Crippen molar-refractivity contribution >= 4 is 12.0 Å². The van der Waals surface area contributed by atoms with Crippen LogP contribution in [0.2, 0.25) is 0 Å². The van der Waals surface area contributed by atoms with Crippen molar-refractivity contribution in [3.05, 3.63) is 0 Å². The minimum Gasteiger partial charge on any atom is -0.450 e. The zero-order chi connectivity index (χ0) is 14.8. The Balaban J connectivity index is 1.43. The zero-order valence-corrected chi connectivity index (χ0v) is 12.8. The number of ether oxygens (including phenoxy) is 1. The third-order valence-corrected chi connectivity index (χ3v) is 5.44. The molecule has 0 aromatic carbocycles. The normalized spacial score (nSPS) is 32.2. The molecule has 21 heavy (non-hydrogen) atoms. The molecule has 5 nitrogen and oxygen atoms in total. The maximum absolute atomic E-state index is 12.4. The molecule has 2 amide bonds. The molecule has 1 N–H and O–H groups in total. The van der Waals surface area contributed by atoms with Crippen LogP contribution in [0.25, 0.3) is 0 Å². The Hall–Kier alpha value is -1.26. The number of hydrogen-bond acceptors (Lipinski definition) is 3. The van der Waals surface area contributed by atoms with Gasteiger partial charge in [0, 0.05) is 25.0 Å². The second-order valence-corrected chi connectivity index (χ2v) is 6.75. The Morgan fingerprint density at radius 2 is 1.90 bits per heavy atom. The molecule has 3 fully saturated rings. The number of nitrogens with zero attached hydrogens (tertiary/aromatic N) is 1. The van der Waals surface area contributed by atoms with Crippen molar-refractivity contribution < 1.29 is 14.3 Å². The topological polar surface area (TPSA) is 58.6 Å². The summed E-state index contributed by atoms with van der Waals surface area (Å²) in [6.45, 7) is 3.60. The number of rotatable bonds is 3. The fraction of sp³-hybridized carbons (Fsp3) is 0.875. The predicted molar refractivity (Wildman–Crippen MR) is 78.7 cm³/mol. The van der Waals surface area contributed by atoms with Crippen molar-refractivity contribution in [1.29, 1.82) is 0 Å². The summed E-state index contributed by atoms with van der Waals surface area (Å²) in [5.74, 6) is 1.95. The van der Waals surface area contributed by atoms with Crippen molar-refractivity contribution in [2.75, 3.05) is 19.7 Å². The van der Waals surface area contributed by atoms with E-state index in [9.17, 15) is 9.59 Å². The molecule has 3 atom stereocenters. The maximum Gasteiger partial charge on any atom is 0.409 e. The molecule has 2 bridgehead atoms. The molecule has 5 heteroatoms. The molecule has 0 radical (unpaired) electrons. The molecular weight excluding hydrogens is 268 g/mol. The smallest absolute Gasteiger partial charge is 0.409 e. The van der Waals surface area contributed by atoms with E-state index in [1.54, 1.807) is 4.90 Å². The quantitative estimate of drug-likeness (QED) is 0.867. The summed E-state index contributed by atoms with van der Waals surface area (Å²) in [5.41, 5.74) is 0. The summed E-state index contributed by atoms with van der Waals surface area (Å²) in [6.07, 6.45) is 6.38. The predicted octanol–water partition coefficient (Wildman–Crippen LogP) is 2.16. The Labute approximate surface area is 126 Å². The maximum atomic E-state index is 12.4. The molecule has 3 aliphatic rings. The van der Waals surface area contributed by atoms with E-state index in [4.69, 9.17) is 4.74 Å². The summed E-state index contributed by atoms with van der Waals surface area (Å²) >= 11 is 0. The third-order valence-electron chi connectivity index (χ3n) is 5.44. The minimum atomic E-state index is -0.227. The number of piperidine rings is 1. The minimum absolute atomic E-state index is 0.224. The van der Waals surface area contributed by atoms with Crippen LogP contribution in [0, 0.1) is 17.8 Å². The first-order valence-electron chi connectivity index (χ1n) is 8.39. The number of carbonyl (C=O) groups is 2. The monoisotopic (exact) mass is 294 g/mol. The Kier molecular flexibility index (Phi) is 4.36. The van der Waals surface area contributed by atoms with Gasteiger partial charge in [0.15, 0.2) is 0 Å². The molecule has 118 valence electrons. The van der Waals surface area contributed by atoms with Gasteiger partial charge in [-0.05, 0) is 50.9 Å². The van der Waals surface area contributed by atoms with Gasteiger partial charge in [-0.1, -0.05) is 6.42 Å². The lowest BCUT2D eigenvalue weighted by Gasteiger charge is -2.32. The van der Waals surface area contributed by atoms with Gasteiger partial charge < -0.3 is 15.0 Å². The molecule has 0 spiro atoms. The molecule has 1 aliphatic heterocycles. The van der Waals surface area contributed by atoms with Gasteiger partial charge in [0.2, 0.25) is 5.91 Å². The summed E-state index contributed by atoms with van der Waals surface area (Å²) in [4.78, 5) is 25.8. The first-order chi connectivity index (χ1) is 10.2. The van der Waals surface area contributed by atoms with Gasteiger partial charge in [0.05, 0.1) is 6.61 Å². The third kappa shape index (κ3) is 3.16. The van der Waals surface area contributed by atoms with Crippen molar-refractivity contribution in [3.8, 4) is 0 Å². The number of hydrogen-bond donors (Lipinski definition) is 1. The lowest BCUT2D eigenvalue weighted by molar-refractivity contribution is -0.127. The van der Waals surface area contributed by atoms with Crippen LogP contribution in [0.15, 0.2) is 0 Å². The summed E-state index contributed by atoms with van der Waals surface area (Å²) in [7, 11) is 0. The lowest BCUT2D eigenvalue weighted by atomic mass is 9.87. The highest BCUT2D eigenvalue weighted by molar-refractivity contribution is 5.79. The zero-order valence-electron chi connectivity index (χ0n) is 12.8. The number of nitrogens with one attached hydrogen (secondary N) is 1. The highest BCUT2D eigenvalue weighted by atomic mass is 16.6. The molecule has 3 rings (SSSR count). The number of amides is 2. The highest BCUT2D eigenvalue weighted by Crippen LogP contribution is 2.48. The second kappa shape index (κ2) is 6.24. The van der Waals surface area contributed by atoms with E-state index in [0.29, 0.717) is 25.6 Å². The standard InChI is InChI=1S/C16H26N2O3/c1-2-21-16(20)18-7-5-13(6-8-18)17-15(19)14-10-11-3-4-12(14)9-11/h11-14H,2-10H2,1H3,(H,17,19). The Morgan fingerprint density at radius 1 is 1.14 bits per heavy atom. The largest absolute Gasteiger partial charge is 0.450 e. The average Bonchev–Trinajstić information content (AvgIpc) is 3.11. The van der Waals surface area contributed by atoms with Crippen LogP contribution < -0.4 is 5.32 Å². The number of fused-ring (bicyclic) bond motifs is 2. The van der Waals surface area contributed by atoms with Gasteiger partial charge in [-0.15, -0.1) is 0 Å². The van der Waals surface area contributed by atoms with E-state index in [-0.39, 0.29) is 24.0 Å². The van der Waals surface area contributed by atoms with Gasteiger partial charge in [0.25, 0.3) is 0 Å². The van der Waals surface area contributed by atoms with E-state index in [1.165, 1.54) is 19.3 Å². The molecule has 3 unspecified atom stereocenters. The van der Waals surface area contributed by atoms with Crippen LogP contribution in [-0.2, 0) is 9.53 Å². The van der Waals surface area contributed by atoms with Gasteiger partial charge in [0.1, 0.15) is 0 Å². The van der Waals surface area contributed by atoms with Crippen LogP contribution in [0.5, 0.6) is 0 Å². The average molecular weight is 294 g/mol. The molecule has 0 aromatic heterocycles. The Morgan fingerprint density at radius 3 is 2.48 bits per heavy atom. The van der Waals surface area contributed by atoms with E-state index < -0.39 is 0 Å². The molecular formula is C16H26N2O3. The van der Waals surface area contributed by atoms with Crippen molar-refractivity contribution in [3.63, 3.8) is 0 Å². The van der Waals surface area contributed by atoms with Crippen LogP contribution in [0.3, 0.4) is 0 Å². The molecule has 1 heterocycles. The van der Waals surface area contributed by atoms with E-state index in [1.807, 2.05) is 6.92 Å². The van der Waals surface area contributed by atoms with E-state index >= 15 is 0 Å². The van der Waals surface area contributed by atoms with Gasteiger partial charge >= 0.3 is 6.09 Å². The fourth-order valence-corrected chi connectivity index (χ4v) is 4.30. The fourth-order valence-electron chi connectivity index (χ4n) is 4.30. The molecule has 2 saturated carbocycles.